The molecule has 1 saturated heterocycles. The van der Waals surface area contributed by atoms with E-state index >= 15 is 0 Å². The van der Waals surface area contributed by atoms with Crippen molar-refractivity contribution in [3.8, 4) is 5.75 Å². The van der Waals surface area contributed by atoms with Crippen LogP contribution in [-0.2, 0) is 17.7 Å². The molecule has 0 amide bonds. The van der Waals surface area contributed by atoms with E-state index in [2.05, 4.69) is 31.1 Å². The maximum atomic E-state index is 5.98. The zero-order valence-electron chi connectivity index (χ0n) is 17.5. The molecule has 30 heavy (non-hydrogen) atoms. The van der Waals surface area contributed by atoms with Gasteiger partial charge < -0.3 is 14.4 Å². The van der Waals surface area contributed by atoms with Gasteiger partial charge in [-0.2, -0.15) is 5.10 Å². The molecule has 0 spiro atoms. The minimum atomic E-state index is -0.0410. The number of para-hydroxylation sites is 1. The number of hydrogen-bond donors (Lipinski definition) is 1. The van der Waals surface area contributed by atoms with Crippen molar-refractivity contribution in [2.24, 2.45) is 0 Å². The van der Waals surface area contributed by atoms with Crippen LogP contribution in [0.3, 0.4) is 0 Å². The third-order valence-electron chi connectivity index (χ3n) is 5.01. The number of ether oxygens (including phenoxy) is 2. The Labute approximate surface area is 176 Å². The van der Waals surface area contributed by atoms with Crippen LogP contribution in [0.4, 0.5) is 5.95 Å². The van der Waals surface area contributed by atoms with Crippen molar-refractivity contribution in [3.63, 3.8) is 0 Å². The van der Waals surface area contributed by atoms with Gasteiger partial charge in [0.1, 0.15) is 11.9 Å². The molecule has 4 rings (SSSR count). The fraction of sp³-hybridized carbons (Fsp3) is 0.409. The number of aromatic amines is 1. The SMILES string of the molecule is CN(C)c1ncc(CN2CCOC(c3cc(CCOc4ccccc4)[nH]n3)C2)cn1. The van der Waals surface area contributed by atoms with Crippen LogP contribution in [0.1, 0.15) is 23.1 Å². The van der Waals surface area contributed by atoms with Crippen LogP contribution in [0.5, 0.6) is 5.75 Å². The van der Waals surface area contributed by atoms with Crippen LogP contribution in [0.25, 0.3) is 0 Å². The van der Waals surface area contributed by atoms with Gasteiger partial charge in [0.15, 0.2) is 0 Å². The van der Waals surface area contributed by atoms with E-state index in [9.17, 15) is 0 Å². The number of morpholine rings is 1. The molecule has 1 N–H and O–H groups in total. The molecule has 1 aliphatic rings. The summed E-state index contributed by atoms with van der Waals surface area (Å²) in [6.07, 6.45) is 4.52. The van der Waals surface area contributed by atoms with E-state index in [-0.39, 0.29) is 6.10 Å². The summed E-state index contributed by atoms with van der Waals surface area (Å²) in [6.45, 7) is 3.76. The van der Waals surface area contributed by atoms with E-state index in [0.29, 0.717) is 13.2 Å². The number of anilines is 1. The summed E-state index contributed by atoms with van der Waals surface area (Å²) in [6, 6.07) is 11.9. The fourth-order valence-corrected chi connectivity index (χ4v) is 3.41. The molecule has 1 unspecified atom stereocenters. The number of rotatable bonds is 8. The molecule has 1 aromatic carbocycles. The number of aromatic nitrogens is 4. The molecule has 158 valence electrons. The first-order chi connectivity index (χ1) is 14.7. The zero-order chi connectivity index (χ0) is 20.8. The maximum Gasteiger partial charge on any atom is 0.224 e. The van der Waals surface area contributed by atoms with E-state index in [0.717, 1.165) is 54.7 Å². The summed E-state index contributed by atoms with van der Waals surface area (Å²) >= 11 is 0. The van der Waals surface area contributed by atoms with Crippen molar-refractivity contribution in [1.82, 2.24) is 25.1 Å². The van der Waals surface area contributed by atoms with Gasteiger partial charge in [-0.05, 0) is 18.2 Å². The zero-order valence-corrected chi connectivity index (χ0v) is 17.5. The van der Waals surface area contributed by atoms with Crippen LogP contribution >= 0.6 is 0 Å². The van der Waals surface area contributed by atoms with Crippen molar-refractivity contribution >= 4 is 5.95 Å². The molecule has 0 saturated carbocycles. The first-order valence-electron chi connectivity index (χ1n) is 10.2. The van der Waals surface area contributed by atoms with Crippen molar-refractivity contribution in [2.45, 2.75) is 19.1 Å². The van der Waals surface area contributed by atoms with Crippen molar-refractivity contribution in [1.29, 1.82) is 0 Å². The van der Waals surface area contributed by atoms with Crippen molar-refractivity contribution < 1.29 is 9.47 Å². The lowest BCUT2D eigenvalue weighted by molar-refractivity contribution is -0.0350. The first kappa shape index (κ1) is 20.3. The maximum absolute atomic E-state index is 5.98. The Hall–Kier alpha value is -2.97. The van der Waals surface area contributed by atoms with Crippen LogP contribution in [0.15, 0.2) is 48.8 Å². The van der Waals surface area contributed by atoms with Crippen LogP contribution in [0.2, 0.25) is 0 Å². The average molecular weight is 409 g/mol. The molecular weight excluding hydrogens is 380 g/mol. The highest BCUT2D eigenvalue weighted by Gasteiger charge is 2.24. The van der Waals surface area contributed by atoms with Crippen LogP contribution < -0.4 is 9.64 Å². The van der Waals surface area contributed by atoms with E-state index in [1.807, 2.05) is 61.7 Å². The second-order valence-corrected chi connectivity index (χ2v) is 7.61. The van der Waals surface area contributed by atoms with Gasteiger partial charge in [-0.1, -0.05) is 18.2 Å². The van der Waals surface area contributed by atoms with E-state index in [1.165, 1.54) is 0 Å². The summed E-state index contributed by atoms with van der Waals surface area (Å²) in [5.74, 6) is 1.60. The largest absolute Gasteiger partial charge is 0.493 e. The van der Waals surface area contributed by atoms with Crippen LogP contribution in [-0.4, -0.2) is 65.5 Å². The molecule has 1 atom stereocenters. The summed E-state index contributed by atoms with van der Waals surface area (Å²) < 4.78 is 11.7. The second-order valence-electron chi connectivity index (χ2n) is 7.61. The highest BCUT2D eigenvalue weighted by atomic mass is 16.5. The predicted molar refractivity (Wildman–Crippen MR) is 115 cm³/mol. The molecule has 1 aliphatic heterocycles. The van der Waals surface area contributed by atoms with Crippen molar-refractivity contribution in [3.05, 3.63) is 65.7 Å². The van der Waals surface area contributed by atoms with Gasteiger partial charge in [0.2, 0.25) is 5.95 Å². The minimum absolute atomic E-state index is 0.0410. The fourth-order valence-electron chi connectivity index (χ4n) is 3.41. The van der Waals surface area contributed by atoms with E-state index in [4.69, 9.17) is 9.47 Å². The molecule has 3 heterocycles. The summed E-state index contributed by atoms with van der Waals surface area (Å²) in [5.41, 5.74) is 3.09. The Balaban J connectivity index is 1.29. The third-order valence-corrected chi connectivity index (χ3v) is 5.01. The van der Waals surface area contributed by atoms with Gasteiger partial charge in [-0.15, -0.1) is 0 Å². The Kier molecular flexibility index (Phi) is 6.56. The summed E-state index contributed by atoms with van der Waals surface area (Å²) in [5, 5.41) is 7.59. The van der Waals surface area contributed by atoms with Crippen LogP contribution in [0, 0.1) is 0 Å². The molecule has 8 heteroatoms. The molecule has 3 aromatic rings. The minimum Gasteiger partial charge on any atom is -0.493 e. The number of benzene rings is 1. The lowest BCUT2D eigenvalue weighted by atomic mass is 10.1. The third kappa shape index (κ3) is 5.34. The highest BCUT2D eigenvalue weighted by Crippen LogP contribution is 2.22. The van der Waals surface area contributed by atoms with Gasteiger partial charge in [-0.25, -0.2) is 9.97 Å². The second kappa shape index (κ2) is 9.69. The quantitative estimate of drug-likeness (QED) is 0.613. The smallest absolute Gasteiger partial charge is 0.224 e. The van der Waals surface area contributed by atoms with Gasteiger partial charge in [0, 0.05) is 63.8 Å². The monoisotopic (exact) mass is 408 g/mol. The number of H-pyrrole nitrogens is 1. The summed E-state index contributed by atoms with van der Waals surface area (Å²) in [7, 11) is 3.88. The molecular formula is C22H28N6O2. The molecule has 8 nitrogen and oxygen atoms in total. The molecule has 0 bridgehead atoms. The van der Waals surface area contributed by atoms with Gasteiger partial charge in [0.25, 0.3) is 0 Å². The normalized spacial score (nSPS) is 17.1. The Bertz CT molecular complexity index is 913. The van der Waals surface area contributed by atoms with Gasteiger partial charge >= 0.3 is 0 Å². The Morgan fingerprint density at radius 2 is 2.00 bits per heavy atom. The topological polar surface area (TPSA) is 79.4 Å². The van der Waals surface area contributed by atoms with Gasteiger partial charge in [0.05, 0.1) is 18.9 Å². The van der Waals surface area contributed by atoms with E-state index < -0.39 is 0 Å². The molecule has 2 aromatic heterocycles. The van der Waals surface area contributed by atoms with Gasteiger partial charge in [-0.3, -0.25) is 10.00 Å². The highest BCUT2D eigenvalue weighted by molar-refractivity contribution is 5.26. The number of nitrogens with one attached hydrogen (secondary N) is 1. The van der Waals surface area contributed by atoms with E-state index in [1.54, 1.807) is 0 Å². The average Bonchev–Trinajstić information content (AvgIpc) is 3.24. The first-order valence-corrected chi connectivity index (χ1v) is 10.2. The predicted octanol–water partition coefficient (Wildman–Crippen LogP) is 2.46. The lowest BCUT2D eigenvalue weighted by Gasteiger charge is -2.32. The molecule has 1 fully saturated rings. The molecule has 0 radical (unpaired) electrons. The Morgan fingerprint density at radius 1 is 1.20 bits per heavy atom. The lowest BCUT2D eigenvalue weighted by Crippen LogP contribution is -2.38. The number of hydrogen-bond acceptors (Lipinski definition) is 7. The standard InChI is InChI=1S/C22H28N6O2/c1-27(2)22-23-13-17(14-24-22)15-28-9-11-30-21(16-28)20-12-18(25-26-20)8-10-29-19-6-4-3-5-7-19/h3-7,12-14,21H,8-11,15-16H2,1-2H3,(H,25,26). The Morgan fingerprint density at radius 3 is 2.77 bits per heavy atom. The van der Waals surface area contributed by atoms with Crippen molar-refractivity contribution in [2.75, 3.05) is 45.3 Å². The number of nitrogens with zero attached hydrogens (tertiary/aromatic N) is 5. The molecule has 0 aliphatic carbocycles. The summed E-state index contributed by atoms with van der Waals surface area (Å²) in [4.78, 5) is 13.1.